The first-order valence-corrected chi connectivity index (χ1v) is 2.87. The van der Waals surface area contributed by atoms with E-state index in [1.165, 1.54) is 0 Å². The summed E-state index contributed by atoms with van der Waals surface area (Å²) in [5, 5.41) is 8.26. The van der Waals surface area contributed by atoms with Crippen molar-refractivity contribution in [3.8, 4) is 6.07 Å². The molecule has 0 aliphatic carbocycles. The highest BCUT2D eigenvalue weighted by atomic mass is 14.6. The lowest BCUT2D eigenvalue weighted by atomic mass is 10.0. The molecule has 0 amide bonds. The monoisotopic (exact) mass is 112 g/mol. The van der Waals surface area contributed by atoms with Gasteiger partial charge in [0, 0.05) is 0 Å². The van der Waals surface area contributed by atoms with Crippen molar-refractivity contribution in [3.05, 3.63) is 0 Å². The van der Waals surface area contributed by atoms with Gasteiger partial charge < -0.3 is 5.73 Å². The molecule has 0 aliphatic rings. The molecule has 2 N–H and O–H groups in total. The largest absolute Gasteiger partial charge is 0.316 e. The van der Waals surface area contributed by atoms with Crippen molar-refractivity contribution in [1.82, 2.24) is 0 Å². The van der Waals surface area contributed by atoms with Crippen LogP contribution in [-0.4, -0.2) is 6.04 Å². The summed E-state index contributed by atoms with van der Waals surface area (Å²) in [6, 6.07) is 1.72. The van der Waals surface area contributed by atoms with Crippen molar-refractivity contribution in [1.29, 1.82) is 5.26 Å². The van der Waals surface area contributed by atoms with E-state index in [0.717, 1.165) is 6.42 Å². The number of nitriles is 1. The fraction of sp³-hybridized carbons (Fsp3) is 0.833. The van der Waals surface area contributed by atoms with E-state index < -0.39 is 0 Å². The number of nitrogens with two attached hydrogens (primary N) is 1. The third kappa shape index (κ3) is 1.94. The molecular formula is C6H12N2. The van der Waals surface area contributed by atoms with Crippen LogP contribution in [0.15, 0.2) is 0 Å². The summed E-state index contributed by atoms with van der Waals surface area (Å²) in [4.78, 5) is 0. The highest BCUT2D eigenvalue weighted by Crippen LogP contribution is 2.02. The van der Waals surface area contributed by atoms with Gasteiger partial charge in [-0.1, -0.05) is 20.3 Å². The molecule has 46 valence electrons. The van der Waals surface area contributed by atoms with Crippen molar-refractivity contribution >= 4 is 0 Å². The maximum atomic E-state index is 8.26. The van der Waals surface area contributed by atoms with Crippen LogP contribution in [0.25, 0.3) is 0 Å². The van der Waals surface area contributed by atoms with Gasteiger partial charge in [0.1, 0.15) is 0 Å². The maximum Gasteiger partial charge on any atom is 0.0953 e. The van der Waals surface area contributed by atoms with Gasteiger partial charge in [0.25, 0.3) is 0 Å². The van der Waals surface area contributed by atoms with Gasteiger partial charge in [0.2, 0.25) is 0 Å². The molecule has 0 rings (SSSR count). The van der Waals surface area contributed by atoms with Gasteiger partial charge in [0.05, 0.1) is 12.1 Å². The van der Waals surface area contributed by atoms with Crippen LogP contribution in [0.4, 0.5) is 0 Å². The van der Waals surface area contributed by atoms with Crippen LogP contribution in [0.5, 0.6) is 0 Å². The zero-order chi connectivity index (χ0) is 6.57. The lowest BCUT2D eigenvalue weighted by Crippen LogP contribution is -2.25. The molecule has 0 fully saturated rings. The summed E-state index contributed by atoms with van der Waals surface area (Å²) in [6.07, 6.45) is 0.981. The average molecular weight is 112 g/mol. The molecule has 0 bridgehead atoms. The topological polar surface area (TPSA) is 49.8 Å². The normalized spacial score (nSPS) is 16.8. The van der Waals surface area contributed by atoms with Crippen LogP contribution in [0, 0.1) is 17.2 Å². The summed E-state index contributed by atoms with van der Waals surface area (Å²) < 4.78 is 0. The molecule has 8 heavy (non-hydrogen) atoms. The lowest BCUT2D eigenvalue weighted by molar-refractivity contribution is 0.510. The van der Waals surface area contributed by atoms with Crippen LogP contribution < -0.4 is 5.73 Å². The van der Waals surface area contributed by atoms with Crippen molar-refractivity contribution in [2.75, 3.05) is 0 Å². The Kier molecular flexibility index (Phi) is 3.21. The molecule has 0 spiro atoms. The van der Waals surface area contributed by atoms with Crippen LogP contribution in [0.1, 0.15) is 20.3 Å². The maximum absolute atomic E-state index is 8.26. The van der Waals surface area contributed by atoms with Crippen LogP contribution >= 0.6 is 0 Å². The highest BCUT2D eigenvalue weighted by Gasteiger charge is 2.07. The Morgan fingerprint density at radius 1 is 1.75 bits per heavy atom. The first kappa shape index (κ1) is 7.45. The molecule has 0 aromatic carbocycles. The van der Waals surface area contributed by atoms with Crippen molar-refractivity contribution in [2.24, 2.45) is 11.7 Å². The van der Waals surface area contributed by atoms with Gasteiger partial charge >= 0.3 is 0 Å². The van der Waals surface area contributed by atoms with Gasteiger partial charge in [-0.15, -0.1) is 0 Å². The smallest absolute Gasteiger partial charge is 0.0953 e. The summed E-state index contributed by atoms with van der Waals surface area (Å²) in [6.45, 7) is 4.01. The Labute approximate surface area is 50.3 Å². The summed E-state index contributed by atoms with van der Waals surface area (Å²) in [5.74, 6) is 0.333. The molecule has 0 radical (unpaired) electrons. The van der Waals surface area contributed by atoms with E-state index in [9.17, 15) is 0 Å². The molecule has 0 heterocycles. The first-order chi connectivity index (χ1) is 3.72. The third-order valence-corrected chi connectivity index (χ3v) is 1.41. The molecule has 0 aromatic heterocycles. The van der Waals surface area contributed by atoms with E-state index in [2.05, 4.69) is 0 Å². The quantitative estimate of drug-likeness (QED) is 0.576. The van der Waals surface area contributed by atoms with E-state index in [0.29, 0.717) is 5.92 Å². The predicted molar refractivity (Wildman–Crippen MR) is 33.0 cm³/mol. The molecule has 1 unspecified atom stereocenters. The lowest BCUT2D eigenvalue weighted by Gasteiger charge is -2.08. The van der Waals surface area contributed by atoms with E-state index in [1.807, 2.05) is 19.9 Å². The molecule has 2 nitrogen and oxygen atoms in total. The molecule has 2 heteroatoms. The van der Waals surface area contributed by atoms with Crippen LogP contribution in [-0.2, 0) is 0 Å². The Hall–Kier alpha value is -0.550. The Morgan fingerprint density at radius 2 is 2.25 bits per heavy atom. The Bertz CT molecular complexity index is 93.2. The van der Waals surface area contributed by atoms with Crippen molar-refractivity contribution in [3.63, 3.8) is 0 Å². The van der Waals surface area contributed by atoms with E-state index in [1.54, 1.807) is 0 Å². The predicted octanol–water partition coefficient (Wildman–Crippen LogP) is 0.883. The first-order valence-electron chi connectivity index (χ1n) is 2.87. The fourth-order valence-corrected chi connectivity index (χ4v) is 0.381. The van der Waals surface area contributed by atoms with Gasteiger partial charge in [-0.3, -0.25) is 0 Å². The molecule has 0 aliphatic heterocycles. The highest BCUT2D eigenvalue weighted by molar-refractivity contribution is 4.89. The van der Waals surface area contributed by atoms with Crippen LogP contribution in [0.2, 0.25) is 0 Å². The van der Waals surface area contributed by atoms with E-state index in [4.69, 9.17) is 11.0 Å². The minimum atomic E-state index is -0.278. The number of nitrogens with zero attached hydrogens (tertiary/aromatic N) is 1. The zero-order valence-corrected chi connectivity index (χ0v) is 5.39. The second-order valence-electron chi connectivity index (χ2n) is 2.04. The van der Waals surface area contributed by atoms with Gasteiger partial charge in [0.15, 0.2) is 0 Å². The third-order valence-electron chi connectivity index (χ3n) is 1.41. The minimum absolute atomic E-state index is 0.278. The Morgan fingerprint density at radius 3 is 2.38 bits per heavy atom. The Balaban J connectivity index is 3.49. The summed E-state index contributed by atoms with van der Waals surface area (Å²) >= 11 is 0. The number of hydrogen-bond donors (Lipinski definition) is 1. The molecule has 0 saturated heterocycles. The average Bonchev–Trinajstić information content (AvgIpc) is 1.84. The number of hydrogen-bond acceptors (Lipinski definition) is 2. The zero-order valence-electron chi connectivity index (χ0n) is 5.39. The second kappa shape index (κ2) is 3.45. The van der Waals surface area contributed by atoms with Gasteiger partial charge in [-0.25, -0.2) is 0 Å². The molecule has 2 atom stereocenters. The van der Waals surface area contributed by atoms with Crippen LogP contribution in [0.3, 0.4) is 0 Å². The van der Waals surface area contributed by atoms with E-state index >= 15 is 0 Å². The van der Waals surface area contributed by atoms with E-state index in [-0.39, 0.29) is 6.04 Å². The van der Waals surface area contributed by atoms with Crippen molar-refractivity contribution in [2.45, 2.75) is 26.3 Å². The molecular weight excluding hydrogens is 100 g/mol. The van der Waals surface area contributed by atoms with Gasteiger partial charge in [-0.05, 0) is 5.92 Å². The molecule has 0 aromatic rings. The minimum Gasteiger partial charge on any atom is -0.316 e. The SMILES string of the molecule is CC[C@H](C)C(N)C#N. The summed E-state index contributed by atoms with van der Waals surface area (Å²) in [5.41, 5.74) is 5.37. The van der Waals surface area contributed by atoms with Gasteiger partial charge in [-0.2, -0.15) is 5.26 Å². The standard InChI is InChI=1S/C6H12N2/c1-3-5(2)6(8)4-7/h5-6H,3,8H2,1-2H3/t5-,6?/m0/s1. The summed E-state index contributed by atoms with van der Waals surface area (Å²) in [7, 11) is 0. The molecule has 0 saturated carbocycles. The number of rotatable bonds is 2. The van der Waals surface area contributed by atoms with Crippen molar-refractivity contribution < 1.29 is 0 Å². The second-order valence-corrected chi connectivity index (χ2v) is 2.04. The fourth-order valence-electron chi connectivity index (χ4n) is 0.381.